The maximum Gasteiger partial charge on any atom is 0.240 e. The van der Waals surface area contributed by atoms with Crippen molar-refractivity contribution in [3.63, 3.8) is 0 Å². The summed E-state index contributed by atoms with van der Waals surface area (Å²) >= 11 is 5.21. The molecule has 2 rings (SSSR count). The van der Waals surface area contributed by atoms with Gasteiger partial charge >= 0.3 is 0 Å². The summed E-state index contributed by atoms with van der Waals surface area (Å²) in [6.07, 6.45) is 1.72. The molecule has 1 aromatic carbocycles. The van der Waals surface area contributed by atoms with E-state index in [4.69, 9.17) is 17.0 Å². The van der Waals surface area contributed by atoms with Gasteiger partial charge in [-0.1, -0.05) is 24.6 Å². The minimum absolute atomic E-state index is 0.110. The molecule has 0 spiro atoms. The second kappa shape index (κ2) is 8.10. The Balaban J connectivity index is 2.11. The highest BCUT2D eigenvalue weighted by atomic mass is 32.1. The van der Waals surface area contributed by atoms with Crippen LogP contribution in [-0.2, 0) is 17.8 Å². The molecule has 0 saturated heterocycles. The molecule has 130 valence electrons. The van der Waals surface area contributed by atoms with E-state index in [1.165, 1.54) is 0 Å². The SMILES string of the molecule is CCCc1n[nH]c(=S)n1CC(=O)NC(C)c1cc(C)ccc1OC. The number of carbonyl (C=O) groups excluding carboxylic acids is 1. The van der Waals surface area contributed by atoms with E-state index in [0.29, 0.717) is 4.77 Å². The molecule has 6 nitrogen and oxygen atoms in total. The van der Waals surface area contributed by atoms with Crippen LogP contribution in [0.5, 0.6) is 5.75 Å². The first-order chi connectivity index (χ1) is 11.5. The summed E-state index contributed by atoms with van der Waals surface area (Å²) in [5, 5.41) is 9.94. The molecule has 0 aliphatic heterocycles. The number of nitrogens with one attached hydrogen (secondary N) is 2. The molecule has 0 radical (unpaired) electrons. The van der Waals surface area contributed by atoms with Gasteiger partial charge < -0.3 is 10.1 Å². The number of H-pyrrole nitrogens is 1. The van der Waals surface area contributed by atoms with E-state index in [0.717, 1.165) is 35.5 Å². The summed E-state index contributed by atoms with van der Waals surface area (Å²) in [6, 6.07) is 5.76. The van der Waals surface area contributed by atoms with Crippen LogP contribution in [0.3, 0.4) is 0 Å². The van der Waals surface area contributed by atoms with Crippen molar-refractivity contribution in [3.05, 3.63) is 39.9 Å². The third kappa shape index (κ3) is 4.23. The predicted molar refractivity (Wildman–Crippen MR) is 95.7 cm³/mol. The van der Waals surface area contributed by atoms with Gasteiger partial charge in [-0.15, -0.1) is 0 Å². The second-order valence-corrected chi connectivity index (χ2v) is 6.20. The highest BCUT2D eigenvalue weighted by molar-refractivity contribution is 7.71. The van der Waals surface area contributed by atoms with Crippen molar-refractivity contribution in [1.29, 1.82) is 0 Å². The first-order valence-corrected chi connectivity index (χ1v) is 8.45. The molecule has 0 bridgehead atoms. The van der Waals surface area contributed by atoms with Gasteiger partial charge in [-0.3, -0.25) is 14.5 Å². The van der Waals surface area contributed by atoms with Crippen molar-refractivity contribution < 1.29 is 9.53 Å². The quantitative estimate of drug-likeness (QED) is 0.754. The molecule has 0 saturated carbocycles. The van der Waals surface area contributed by atoms with Gasteiger partial charge in [-0.25, -0.2) is 0 Å². The molecule has 1 aromatic heterocycles. The molecule has 24 heavy (non-hydrogen) atoms. The van der Waals surface area contributed by atoms with E-state index in [1.807, 2.05) is 32.0 Å². The number of amides is 1. The van der Waals surface area contributed by atoms with Crippen LogP contribution in [0.1, 0.15) is 43.3 Å². The van der Waals surface area contributed by atoms with Crippen molar-refractivity contribution >= 4 is 18.1 Å². The average Bonchev–Trinajstić information content (AvgIpc) is 2.88. The number of methoxy groups -OCH3 is 1. The van der Waals surface area contributed by atoms with Crippen LogP contribution < -0.4 is 10.1 Å². The normalized spacial score (nSPS) is 12.0. The summed E-state index contributed by atoms with van der Waals surface area (Å²) in [7, 11) is 1.63. The van der Waals surface area contributed by atoms with Gasteiger partial charge in [-0.05, 0) is 38.6 Å². The number of aromatic nitrogens is 3. The Hall–Kier alpha value is -2.15. The zero-order valence-corrected chi connectivity index (χ0v) is 15.4. The number of hydrogen-bond donors (Lipinski definition) is 2. The minimum Gasteiger partial charge on any atom is -0.496 e. The first kappa shape index (κ1) is 18.2. The van der Waals surface area contributed by atoms with Crippen LogP contribution in [0.25, 0.3) is 0 Å². The molecule has 1 heterocycles. The predicted octanol–water partition coefficient (Wildman–Crippen LogP) is 3.09. The molecular weight excluding hydrogens is 324 g/mol. The standard InChI is InChI=1S/C17H24N4O2S/c1-5-6-15-19-20-17(24)21(15)10-16(22)18-12(3)13-9-11(2)7-8-14(13)23-4/h7-9,12H,5-6,10H2,1-4H3,(H,18,22)(H,20,24). The molecular formula is C17H24N4O2S. The van der Waals surface area contributed by atoms with Crippen LogP contribution in [0.15, 0.2) is 18.2 Å². The van der Waals surface area contributed by atoms with Crippen molar-refractivity contribution in [2.24, 2.45) is 0 Å². The van der Waals surface area contributed by atoms with E-state index < -0.39 is 0 Å². The van der Waals surface area contributed by atoms with Gasteiger partial charge in [0.1, 0.15) is 18.1 Å². The molecule has 7 heteroatoms. The Morgan fingerprint density at radius 3 is 2.92 bits per heavy atom. The number of benzene rings is 1. The Kier molecular flexibility index (Phi) is 6.14. The Morgan fingerprint density at radius 1 is 1.50 bits per heavy atom. The lowest BCUT2D eigenvalue weighted by Crippen LogP contribution is -2.31. The molecule has 0 aliphatic rings. The summed E-state index contributed by atoms with van der Waals surface area (Å²) in [6.45, 7) is 6.17. The average molecular weight is 348 g/mol. The maximum atomic E-state index is 12.4. The number of nitrogens with zero attached hydrogens (tertiary/aromatic N) is 2. The fourth-order valence-electron chi connectivity index (χ4n) is 2.63. The smallest absolute Gasteiger partial charge is 0.240 e. The second-order valence-electron chi connectivity index (χ2n) is 5.82. The molecule has 1 unspecified atom stereocenters. The van der Waals surface area contributed by atoms with Crippen LogP contribution >= 0.6 is 12.2 Å². The van der Waals surface area contributed by atoms with E-state index in [2.05, 4.69) is 22.4 Å². The first-order valence-electron chi connectivity index (χ1n) is 8.04. The number of hydrogen-bond acceptors (Lipinski definition) is 4. The summed E-state index contributed by atoms with van der Waals surface area (Å²) in [5.74, 6) is 1.46. The number of aromatic amines is 1. The molecule has 1 atom stereocenters. The van der Waals surface area contributed by atoms with Gasteiger partial charge in [0.2, 0.25) is 5.91 Å². The van der Waals surface area contributed by atoms with Crippen molar-refractivity contribution in [1.82, 2.24) is 20.1 Å². The number of ether oxygens (including phenoxy) is 1. The summed E-state index contributed by atoms with van der Waals surface area (Å²) in [4.78, 5) is 12.4. The molecule has 2 aromatic rings. The van der Waals surface area contributed by atoms with E-state index in [1.54, 1.807) is 11.7 Å². The van der Waals surface area contributed by atoms with Gasteiger partial charge in [0.05, 0.1) is 13.2 Å². The Labute approximate surface area is 147 Å². The number of rotatable bonds is 7. The molecule has 0 aliphatic carbocycles. The third-order valence-corrected chi connectivity index (χ3v) is 4.15. The fourth-order valence-corrected chi connectivity index (χ4v) is 2.84. The van der Waals surface area contributed by atoms with Crippen LogP contribution in [0.4, 0.5) is 0 Å². The van der Waals surface area contributed by atoms with E-state index in [9.17, 15) is 4.79 Å². The van der Waals surface area contributed by atoms with Crippen molar-refractivity contribution in [3.8, 4) is 5.75 Å². The lowest BCUT2D eigenvalue weighted by atomic mass is 10.0. The van der Waals surface area contributed by atoms with Crippen molar-refractivity contribution in [2.45, 2.75) is 46.2 Å². The van der Waals surface area contributed by atoms with E-state index in [-0.39, 0.29) is 18.5 Å². The largest absolute Gasteiger partial charge is 0.496 e. The maximum absolute atomic E-state index is 12.4. The van der Waals surface area contributed by atoms with Gasteiger partial charge in [0.15, 0.2) is 4.77 Å². The molecule has 1 amide bonds. The van der Waals surface area contributed by atoms with Crippen molar-refractivity contribution in [2.75, 3.05) is 7.11 Å². The zero-order chi connectivity index (χ0) is 17.7. The fraction of sp³-hybridized carbons (Fsp3) is 0.471. The lowest BCUT2D eigenvalue weighted by Gasteiger charge is -2.18. The van der Waals surface area contributed by atoms with Crippen LogP contribution in [0.2, 0.25) is 0 Å². The Morgan fingerprint density at radius 2 is 2.25 bits per heavy atom. The highest BCUT2D eigenvalue weighted by Crippen LogP contribution is 2.26. The molecule has 0 fully saturated rings. The molecule has 2 N–H and O–H groups in total. The van der Waals surface area contributed by atoms with Crippen LogP contribution in [-0.4, -0.2) is 27.8 Å². The number of aryl methyl sites for hydroxylation is 2. The highest BCUT2D eigenvalue weighted by Gasteiger charge is 2.16. The third-order valence-electron chi connectivity index (χ3n) is 3.84. The summed E-state index contributed by atoms with van der Waals surface area (Å²) in [5.41, 5.74) is 2.07. The lowest BCUT2D eigenvalue weighted by molar-refractivity contribution is -0.122. The summed E-state index contributed by atoms with van der Waals surface area (Å²) < 4.78 is 7.60. The van der Waals surface area contributed by atoms with Gasteiger partial charge in [0.25, 0.3) is 0 Å². The van der Waals surface area contributed by atoms with Crippen LogP contribution in [0, 0.1) is 11.7 Å². The van der Waals surface area contributed by atoms with Gasteiger partial charge in [0, 0.05) is 12.0 Å². The van der Waals surface area contributed by atoms with Gasteiger partial charge in [-0.2, -0.15) is 5.10 Å². The van der Waals surface area contributed by atoms with E-state index >= 15 is 0 Å². The zero-order valence-electron chi connectivity index (χ0n) is 14.5. The number of carbonyl (C=O) groups is 1. The topological polar surface area (TPSA) is 71.9 Å². The minimum atomic E-state index is -0.164. The Bertz CT molecular complexity index is 766. The monoisotopic (exact) mass is 348 g/mol.